The largest absolute Gasteiger partial charge is 0.447 e. The molecule has 1 aromatic carbocycles. The molecular weight excluding hydrogens is 534 g/mol. The van der Waals surface area contributed by atoms with Crippen molar-refractivity contribution in [1.82, 2.24) is 24.8 Å². The molecule has 41 heavy (non-hydrogen) atoms. The quantitative estimate of drug-likeness (QED) is 0.377. The SMILES string of the molecule is C#C.C#C.CC(C)OC(=O)N1CCNCC1.C[C@@H]1c2ccc(Cl)cc2C([C@@H](C)c2cncn2C)=Cc2cccnc21. The minimum absolute atomic E-state index is 0.0209. The van der Waals surface area contributed by atoms with Crippen LogP contribution in [-0.2, 0) is 11.8 Å². The summed E-state index contributed by atoms with van der Waals surface area (Å²) >= 11 is 6.35. The van der Waals surface area contributed by atoms with Crippen LogP contribution in [0.3, 0.4) is 0 Å². The summed E-state index contributed by atoms with van der Waals surface area (Å²) in [5.74, 6) is 0.416. The van der Waals surface area contributed by atoms with Gasteiger partial charge in [-0.05, 0) is 60.4 Å². The van der Waals surface area contributed by atoms with Gasteiger partial charge in [0.1, 0.15) is 0 Å². The molecule has 0 bridgehead atoms. The first-order chi connectivity index (χ1) is 19.8. The molecular formula is C33H40ClN5O2. The Balaban J connectivity index is 0.000000310. The number of nitrogens with one attached hydrogen (secondary N) is 1. The Bertz CT molecular complexity index is 1350. The molecule has 1 N–H and O–H groups in total. The third kappa shape index (κ3) is 8.47. The molecule has 0 unspecified atom stereocenters. The van der Waals surface area contributed by atoms with E-state index in [-0.39, 0.29) is 24.0 Å². The number of hydrogen-bond acceptors (Lipinski definition) is 5. The topological polar surface area (TPSA) is 72.3 Å². The highest BCUT2D eigenvalue weighted by molar-refractivity contribution is 6.30. The van der Waals surface area contributed by atoms with Gasteiger partial charge in [-0.3, -0.25) is 4.98 Å². The minimum Gasteiger partial charge on any atom is -0.447 e. The van der Waals surface area contributed by atoms with Crippen molar-refractivity contribution in [3.05, 3.63) is 82.2 Å². The van der Waals surface area contributed by atoms with E-state index in [0.717, 1.165) is 36.9 Å². The standard InChI is InChI=1S/C21H20ClN3.C8H16N2O2.2C2H2/c1-13(20-11-23-12-25(20)3)18-9-15-5-4-8-24-21(15)14(2)17-7-6-16(22)10-19(17)18;1-7(2)12-8(11)10-5-3-9-4-6-10;2*1-2/h4-14H,1-3H3;7,9H,3-6H2,1-2H3;2*1-2H/t13-,14-;;;/m1.../s1. The van der Waals surface area contributed by atoms with Crippen molar-refractivity contribution in [2.45, 2.75) is 45.6 Å². The lowest BCUT2D eigenvalue weighted by Crippen LogP contribution is -2.47. The number of carbonyl (C=O) groups excluding carboxylic acids is 1. The molecule has 5 rings (SSSR count). The second kappa shape index (κ2) is 16.3. The molecule has 0 spiro atoms. The lowest BCUT2D eigenvalue weighted by atomic mass is 9.86. The molecule has 2 aliphatic rings. The van der Waals surface area contributed by atoms with E-state index in [1.54, 1.807) is 4.90 Å². The van der Waals surface area contributed by atoms with Crippen molar-refractivity contribution < 1.29 is 9.53 Å². The third-order valence-corrected chi connectivity index (χ3v) is 7.10. The number of piperazine rings is 1. The first kappa shape index (κ1) is 33.2. The average Bonchev–Trinajstić information content (AvgIpc) is 3.38. The van der Waals surface area contributed by atoms with Gasteiger partial charge < -0.3 is 19.5 Å². The minimum atomic E-state index is -0.188. The summed E-state index contributed by atoms with van der Waals surface area (Å²) in [6.07, 6.45) is 23.7. The Labute approximate surface area is 250 Å². The Morgan fingerprint density at radius 2 is 1.80 bits per heavy atom. The number of amides is 1. The van der Waals surface area contributed by atoms with Crippen molar-refractivity contribution in [3.8, 4) is 25.7 Å². The number of hydrogen-bond donors (Lipinski definition) is 1. The second-order valence-corrected chi connectivity index (χ2v) is 10.3. The van der Waals surface area contributed by atoms with Gasteiger partial charge in [-0.1, -0.05) is 37.6 Å². The number of fused-ring (bicyclic) bond motifs is 2. The van der Waals surface area contributed by atoms with E-state index in [4.69, 9.17) is 16.3 Å². The number of terminal acetylenes is 2. The van der Waals surface area contributed by atoms with Gasteiger partial charge in [0.15, 0.2) is 0 Å². The maximum atomic E-state index is 11.3. The van der Waals surface area contributed by atoms with Gasteiger partial charge >= 0.3 is 6.09 Å². The summed E-state index contributed by atoms with van der Waals surface area (Å²) < 4.78 is 7.13. The number of ether oxygens (including phenoxy) is 1. The summed E-state index contributed by atoms with van der Waals surface area (Å²) in [5.41, 5.74) is 7.18. The molecule has 7 nitrogen and oxygen atoms in total. The van der Waals surface area contributed by atoms with Crippen LogP contribution in [0.2, 0.25) is 5.02 Å². The van der Waals surface area contributed by atoms with Gasteiger partial charge in [0, 0.05) is 68.2 Å². The normalized spacial score (nSPS) is 15.9. The van der Waals surface area contributed by atoms with Crippen molar-refractivity contribution >= 4 is 29.3 Å². The third-order valence-electron chi connectivity index (χ3n) is 6.86. The highest BCUT2D eigenvalue weighted by atomic mass is 35.5. The Morgan fingerprint density at radius 1 is 1.12 bits per heavy atom. The van der Waals surface area contributed by atoms with Crippen LogP contribution in [-0.4, -0.2) is 57.8 Å². The summed E-state index contributed by atoms with van der Waals surface area (Å²) in [6, 6.07) is 10.3. The van der Waals surface area contributed by atoms with Gasteiger partial charge in [0.25, 0.3) is 0 Å². The fraction of sp³-hybridized carbons (Fsp3) is 0.364. The molecule has 1 aliphatic heterocycles. The van der Waals surface area contributed by atoms with E-state index in [0.29, 0.717) is 0 Å². The number of carbonyl (C=O) groups is 1. The number of allylic oxidation sites excluding steroid dienone is 1. The average molecular weight is 574 g/mol. The maximum absolute atomic E-state index is 11.3. The summed E-state index contributed by atoms with van der Waals surface area (Å²) in [5, 5.41) is 3.93. The number of nitrogens with zero attached hydrogens (tertiary/aromatic N) is 4. The predicted molar refractivity (Wildman–Crippen MR) is 169 cm³/mol. The van der Waals surface area contributed by atoms with E-state index in [1.807, 2.05) is 51.7 Å². The summed E-state index contributed by atoms with van der Waals surface area (Å²) in [6.45, 7) is 11.4. The zero-order valence-electron chi connectivity index (χ0n) is 24.5. The van der Waals surface area contributed by atoms with E-state index >= 15 is 0 Å². The van der Waals surface area contributed by atoms with Gasteiger partial charge in [-0.15, -0.1) is 25.7 Å². The predicted octanol–water partition coefficient (Wildman–Crippen LogP) is 6.21. The molecule has 2 aromatic heterocycles. The Morgan fingerprint density at radius 3 is 2.41 bits per heavy atom. The molecule has 8 heteroatoms. The maximum Gasteiger partial charge on any atom is 0.410 e. The molecule has 216 valence electrons. The lowest BCUT2D eigenvalue weighted by Gasteiger charge is -2.27. The van der Waals surface area contributed by atoms with Crippen LogP contribution in [0.5, 0.6) is 0 Å². The van der Waals surface area contributed by atoms with Crippen molar-refractivity contribution in [2.24, 2.45) is 7.05 Å². The molecule has 1 amide bonds. The Kier molecular flexibility index (Phi) is 13.2. The number of benzene rings is 1. The lowest BCUT2D eigenvalue weighted by molar-refractivity contribution is 0.0732. The number of halogens is 1. The molecule has 1 fully saturated rings. The first-order valence-corrected chi connectivity index (χ1v) is 13.9. The molecule has 3 aromatic rings. The number of rotatable bonds is 3. The van der Waals surface area contributed by atoms with Crippen LogP contribution in [0.15, 0.2) is 49.1 Å². The van der Waals surface area contributed by atoms with Crippen molar-refractivity contribution in [1.29, 1.82) is 0 Å². The van der Waals surface area contributed by atoms with E-state index in [1.165, 1.54) is 28.0 Å². The van der Waals surface area contributed by atoms with Crippen LogP contribution in [0.4, 0.5) is 4.79 Å². The zero-order chi connectivity index (χ0) is 30.5. The van der Waals surface area contributed by atoms with Crippen molar-refractivity contribution in [2.75, 3.05) is 26.2 Å². The van der Waals surface area contributed by atoms with Crippen LogP contribution >= 0.6 is 11.6 Å². The summed E-state index contributed by atoms with van der Waals surface area (Å²) in [4.78, 5) is 22.0. The highest BCUT2D eigenvalue weighted by Gasteiger charge is 2.26. The number of imidazole rings is 1. The Hall–Kier alpha value is -4.04. The fourth-order valence-electron chi connectivity index (χ4n) is 4.89. The highest BCUT2D eigenvalue weighted by Crippen LogP contribution is 2.43. The first-order valence-electron chi connectivity index (χ1n) is 13.5. The molecule has 2 atom stereocenters. The molecule has 0 saturated carbocycles. The number of aryl methyl sites for hydroxylation is 1. The molecule has 0 radical (unpaired) electrons. The molecule has 1 aliphatic carbocycles. The monoisotopic (exact) mass is 573 g/mol. The molecule has 3 heterocycles. The number of aromatic nitrogens is 3. The van der Waals surface area contributed by atoms with E-state index < -0.39 is 0 Å². The zero-order valence-corrected chi connectivity index (χ0v) is 25.3. The fourth-order valence-corrected chi connectivity index (χ4v) is 5.06. The van der Waals surface area contributed by atoms with Crippen LogP contribution in [0.25, 0.3) is 11.6 Å². The van der Waals surface area contributed by atoms with Gasteiger partial charge in [0.05, 0.1) is 18.1 Å². The van der Waals surface area contributed by atoms with E-state index in [2.05, 4.69) is 83.7 Å². The van der Waals surface area contributed by atoms with Crippen LogP contribution in [0.1, 0.15) is 67.6 Å². The van der Waals surface area contributed by atoms with Gasteiger partial charge in [-0.25, -0.2) is 9.78 Å². The van der Waals surface area contributed by atoms with Gasteiger partial charge in [0.2, 0.25) is 0 Å². The number of pyridine rings is 1. The molecule has 1 saturated heterocycles. The smallest absolute Gasteiger partial charge is 0.410 e. The van der Waals surface area contributed by atoms with Crippen LogP contribution < -0.4 is 5.32 Å². The van der Waals surface area contributed by atoms with Crippen molar-refractivity contribution in [3.63, 3.8) is 0 Å². The van der Waals surface area contributed by atoms with E-state index in [9.17, 15) is 4.79 Å². The van der Waals surface area contributed by atoms with Crippen LogP contribution in [0, 0.1) is 25.7 Å². The van der Waals surface area contributed by atoms with Gasteiger partial charge in [-0.2, -0.15) is 0 Å². The summed E-state index contributed by atoms with van der Waals surface area (Å²) in [7, 11) is 2.03. The second-order valence-electron chi connectivity index (χ2n) is 9.85.